The third kappa shape index (κ3) is 2.32. The standard InChI is InChI=1S/C10H12N4O/c1-7(11)9-13-14-10(15-9)12-8-5-3-2-4-6-8/h2-7H,11H2,1H3,(H,12,14). The Morgan fingerprint density at radius 1 is 1.27 bits per heavy atom. The fourth-order valence-corrected chi connectivity index (χ4v) is 1.11. The first-order chi connectivity index (χ1) is 7.25. The van der Waals surface area contributed by atoms with Gasteiger partial charge in [-0.3, -0.25) is 0 Å². The first kappa shape index (κ1) is 9.67. The first-order valence-corrected chi connectivity index (χ1v) is 4.67. The fourth-order valence-electron chi connectivity index (χ4n) is 1.11. The topological polar surface area (TPSA) is 77.0 Å². The van der Waals surface area contributed by atoms with Crippen molar-refractivity contribution in [2.75, 3.05) is 5.32 Å². The molecule has 1 aromatic carbocycles. The Balaban J connectivity index is 2.12. The molecule has 0 fully saturated rings. The molecule has 0 saturated heterocycles. The van der Waals surface area contributed by atoms with Crippen molar-refractivity contribution < 1.29 is 4.42 Å². The summed E-state index contributed by atoms with van der Waals surface area (Å²) in [5.74, 6) is 0.424. The SMILES string of the molecule is CC(N)c1nnc(Nc2ccccc2)o1. The van der Waals surface area contributed by atoms with E-state index in [1.54, 1.807) is 6.92 Å². The first-order valence-electron chi connectivity index (χ1n) is 4.67. The number of anilines is 2. The third-order valence-corrected chi connectivity index (χ3v) is 1.86. The average Bonchev–Trinajstić information content (AvgIpc) is 2.68. The highest BCUT2D eigenvalue weighted by Crippen LogP contribution is 2.16. The van der Waals surface area contributed by atoms with E-state index in [9.17, 15) is 0 Å². The van der Waals surface area contributed by atoms with Crippen LogP contribution in [0.25, 0.3) is 0 Å². The molecule has 0 saturated carbocycles. The molecule has 1 aromatic heterocycles. The number of aromatic nitrogens is 2. The largest absolute Gasteiger partial charge is 0.406 e. The summed E-state index contributed by atoms with van der Waals surface area (Å²) >= 11 is 0. The van der Waals surface area contributed by atoms with Crippen molar-refractivity contribution in [3.05, 3.63) is 36.2 Å². The van der Waals surface area contributed by atoms with Gasteiger partial charge in [-0.2, -0.15) is 0 Å². The molecule has 3 N–H and O–H groups in total. The number of hydrogen-bond acceptors (Lipinski definition) is 5. The summed E-state index contributed by atoms with van der Waals surface area (Å²) in [6.07, 6.45) is 0. The predicted molar refractivity (Wildman–Crippen MR) is 56.6 cm³/mol. The molecule has 0 aliphatic rings. The Morgan fingerprint density at radius 3 is 2.60 bits per heavy atom. The Labute approximate surface area is 87.3 Å². The Bertz CT molecular complexity index is 424. The van der Waals surface area contributed by atoms with Crippen LogP contribution in [0.2, 0.25) is 0 Å². The number of para-hydroxylation sites is 1. The van der Waals surface area contributed by atoms with Gasteiger partial charge in [-0.25, -0.2) is 0 Å². The molecule has 15 heavy (non-hydrogen) atoms. The molecule has 0 spiro atoms. The number of hydrogen-bond donors (Lipinski definition) is 2. The Kier molecular flexibility index (Phi) is 2.64. The third-order valence-electron chi connectivity index (χ3n) is 1.86. The molecule has 1 atom stereocenters. The maximum absolute atomic E-state index is 5.60. The highest BCUT2D eigenvalue weighted by molar-refractivity contribution is 5.50. The molecule has 5 heteroatoms. The van der Waals surface area contributed by atoms with Gasteiger partial charge >= 0.3 is 6.01 Å². The van der Waals surface area contributed by atoms with E-state index in [4.69, 9.17) is 10.2 Å². The monoisotopic (exact) mass is 204 g/mol. The van der Waals surface area contributed by atoms with E-state index in [0.717, 1.165) is 5.69 Å². The van der Waals surface area contributed by atoms with Crippen molar-refractivity contribution in [3.8, 4) is 0 Å². The number of rotatable bonds is 3. The molecule has 0 aliphatic heterocycles. The molecule has 1 unspecified atom stereocenters. The summed E-state index contributed by atoms with van der Waals surface area (Å²) in [5.41, 5.74) is 6.50. The van der Waals surface area contributed by atoms with Crippen LogP contribution >= 0.6 is 0 Å². The van der Waals surface area contributed by atoms with E-state index in [2.05, 4.69) is 15.5 Å². The maximum Gasteiger partial charge on any atom is 0.320 e. The van der Waals surface area contributed by atoms with Crippen LogP contribution in [0.4, 0.5) is 11.7 Å². The van der Waals surface area contributed by atoms with E-state index in [1.165, 1.54) is 0 Å². The Hall–Kier alpha value is -1.88. The van der Waals surface area contributed by atoms with E-state index < -0.39 is 0 Å². The van der Waals surface area contributed by atoms with Crippen LogP contribution in [0.5, 0.6) is 0 Å². The van der Waals surface area contributed by atoms with Gasteiger partial charge in [0.2, 0.25) is 5.89 Å². The highest BCUT2D eigenvalue weighted by atomic mass is 16.4. The van der Waals surface area contributed by atoms with Gasteiger partial charge in [0.05, 0.1) is 6.04 Å². The lowest BCUT2D eigenvalue weighted by Crippen LogP contribution is -2.04. The molecule has 1 heterocycles. The lowest BCUT2D eigenvalue weighted by molar-refractivity contribution is 0.475. The van der Waals surface area contributed by atoms with Gasteiger partial charge in [-0.1, -0.05) is 23.3 Å². The van der Waals surface area contributed by atoms with E-state index in [0.29, 0.717) is 11.9 Å². The van der Waals surface area contributed by atoms with Crippen molar-refractivity contribution >= 4 is 11.7 Å². The molecule has 2 aromatic rings. The second-order valence-corrected chi connectivity index (χ2v) is 3.23. The second kappa shape index (κ2) is 4.10. The van der Waals surface area contributed by atoms with Crippen LogP contribution in [0.15, 0.2) is 34.7 Å². The predicted octanol–water partition coefficient (Wildman–Crippen LogP) is 1.83. The summed E-state index contributed by atoms with van der Waals surface area (Å²) in [4.78, 5) is 0. The van der Waals surface area contributed by atoms with Gasteiger partial charge in [0.25, 0.3) is 0 Å². The van der Waals surface area contributed by atoms with Crippen molar-refractivity contribution in [3.63, 3.8) is 0 Å². The van der Waals surface area contributed by atoms with Gasteiger partial charge in [0.1, 0.15) is 0 Å². The fraction of sp³-hybridized carbons (Fsp3) is 0.200. The summed E-state index contributed by atoms with van der Waals surface area (Å²) < 4.78 is 5.29. The number of nitrogens with zero attached hydrogens (tertiary/aromatic N) is 2. The van der Waals surface area contributed by atoms with Crippen LogP contribution in [0.1, 0.15) is 18.9 Å². The number of nitrogens with one attached hydrogen (secondary N) is 1. The van der Waals surface area contributed by atoms with E-state index in [1.807, 2.05) is 30.3 Å². The zero-order chi connectivity index (χ0) is 10.7. The molecular weight excluding hydrogens is 192 g/mol. The molecule has 78 valence electrons. The molecule has 0 aliphatic carbocycles. The molecular formula is C10H12N4O. The number of benzene rings is 1. The van der Waals surface area contributed by atoms with Crippen molar-refractivity contribution in [1.82, 2.24) is 10.2 Å². The zero-order valence-electron chi connectivity index (χ0n) is 8.34. The summed E-state index contributed by atoms with van der Waals surface area (Å²) in [5, 5.41) is 10.6. The van der Waals surface area contributed by atoms with Crippen molar-refractivity contribution in [1.29, 1.82) is 0 Å². The zero-order valence-corrected chi connectivity index (χ0v) is 8.34. The van der Waals surface area contributed by atoms with E-state index >= 15 is 0 Å². The summed E-state index contributed by atoms with van der Waals surface area (Å²) in [7, 11) is 0. The van der Waals surface area contributed by atoms with Crippen molar-refractivity contribution in [2.24, 2.45) is 5.73 Å². The molecule has 0 amide bonds. The minimum Gasteiger partial charge on any atom is -0.406 e. The quantitative estimate of drug-likeness (QED) is 0.797. The van der Waals surface area contributed by atoms with Gasteiger partial charge in [0, 0.05) is 5.69 Å². The summed E-state index contributed by atoms with van der Waals surface area (Å²) in [6.45, 7) is 1.79. The smallest absolute Gasteiger partial charge is 0.320 e. The van der Waals surface area contributed by atoms with Gasteiger partial charge in [-0.15, -0.1) is 5.10 Å². The molecule has 5 nitrogen and oxygen atoms in total. The molecule has 0 bridgehead atoms. The second-order valence-electron chi connectivity index (χ2n) is 3.23. The van der Waals surface area contributed by atoms with Gasteiger partial charge in [0.15, 0.2) is 0 Å². The average molecular weight is 204 g/mol. The normalized spacial score (nSPS) is 12.4. The van der Waals surface area contributed by atoms with Crippen molar-refractivity contribution in [2.45, 2.75) is 13.0 Å². The van der Waals surface area contributed by atoms with Crippen LogP contribution in [0.3, 0.4) is 0 Å². The van der Waals surface area contributed by atoms with Crippen LogP contribution in [0, 0.1) is 0 Å². The molecule has 0 radical (unpaired) electrons. The molecule has 2 rings (SSSR count). The number of nitrogens with two attached hydrogens (primary N) is 1. The van der Waals surface area contributed by atoms with Crippen LogP contribution in [-0.2, 0) is 0 Å². The van der Waals surface area contributed by atoms with Gasteiger partial charge < -0.3 is 15.5 Å². The lowest BCUT2D eigenvalue weighted by Gasteiger charge is -1.99. The summed E-state index contributed by atoms with van der Waals surface area (Å²) in [6, 6.07) is 9.71. The highest BCUT2D eigenvalue weighted by Gasteiger charge is 2.09. The maximum atomic E-state index is 5.60. The minimum absolute atomic E-state index is 0.246. The minimum atomic E-state index is -0.246. The van der Waals surface area contributed by atoms with Crippen LogP contribution < -0.4 is 11.1 Å². The van der Waals surface area contributed by atoms with Gasteiger partial charge in [-0.05, 0) is 19.1 Å². The van der Waals surface area contributed by atoms with Crippen LogP contribution in [-0.4, -0.2) is 10.2 Å². The lowest BCUT2D eigenvalue weighted by atomic mass is 10.3. The Morgan fingerprint density at radius 2 is 2.00 bits per heavy atom. The van der Waals surface area contributed by atoms with E-state index in [-0.39, 0.29) is 6.04 Å².